The molecule has 252 valence electrons. The Hall–Kier alpha value is -4.76. The topological polar surface area (TPSA) is 185 Å². The van der Waals surface area contributed by atoms with E-state index in [1.54, 1.807) is 25.1 Å². The van der Waals surface area contributed by atoms with Crippen LogP contribution in [0, 0.1) is 0 Å². The maximum atomic E-state index is 12.0. The minimum Gasteiger partial charge on any atom is -0.486 e. The molecule has 0 unspecified atom stereocenters. The highest BCUT2D eigenvalue weighted by atomic mass is 16.7. The van der Waals surface area contributed by atoms with E-state index in [-0.39, 0.29) is 31.3 Å². The second-order valence-corrected chi connectivity index (χ2v) is 9.90. The van der Waals surface area contributed by atoms with E-state index in [9.17, 15) is 28.8 Å². The number of hydrogen-bond acceptors (Lipinski definition) is 15. The minimum atomic E-state index is -1.36. The largest absolute Gasteiger partial charge is 0.486 e. The predicted molar refractivity (Wildman–Crippen MR) is 156 cm³/mol. The zero-order valence-corrected chi connectivity index (χ0v) is 26.6. The molecule has 0 spiro atoms. The normalized spacial score (nSPS) is 21.1. The first-order valence-corrected chi connectivity index (χ1v) is 14.0. The molecule has 1 aliphatic rings. The van der Waals surface area contributed by atoms with Crippen molar-refractivity contribution in [2.24, 2.45) is 0 Å². The Morgan fingerprint density at radius 2 is 1.41 bits per heavy atom. The second-order valence-electron chi connectivity index (χ2n) is 9.90. The lowest BCUT2D eigenvalue weighted by atomic mass is 9.98. The van der Waals surface area contributed by atoms with Crippen LogP contribution < -0.4 is 9.47 Å². The molecular formula is C31H38O15. The molecular weight excluding hydrogens is 612 g/mol. The maximum absolute atomic E-state index is 12.0. The molecule has 0 saturated carbocycles. The molecule has 15 heteroatoms. The van der Waals surface area contributed by atoms with Gasteiger partial charge in [-0.25, -0.2) is 4.79 Å². The van der Waals surface area contributed by atoms with E-state index in [4.69, 9.17) is 37.9 Å². The summed E-state index contributed by atoms with van der Waals surface area (Å²) in [5.74, 6) is -3.67. The zero-order chi connectivity index (χ0) is 34.4. The molecule has 5 atom stereocenters. The van der Waals surface area contributed by atoms with Gasteiger partial charge in [0, 0.05) is 40.7 Å². The fourth-order valence-electron chi connectivity index (χ4n) is 4.08. The third kappa shape index (κ3) is 12.7. The van der Waals surface area contributed by atoms with Crippen LogP contribution in [0.5, 0.6) is 11.5 Å². The SMILES string of the molecule is COC(=O)C=Cc1ccc(OCC=C(C)CO[C@@H]2O[C@H](COC(C)=O)[C@@H](OC(C)=O)[C@H](OC(C)=O)[C@H]2OC(C)=O)c(OC(C)=O)c1. The Bertz CT molecular complexity index is 1330. The molecule has 2 rings (SSSR count). The lowest BCUT2D eigenvalue weighted by molar-refractivity contribution is -0.306. The van der Waals surface area contributed by atoms with Gasteiger partial charge < -0.3 is 42.6 Å². The van der Waals surface area contributed by atoms with Crippen molar-refractivity contribution >= 4 is 41.9 Å². The number of carbonyl (C=O) groups is 6. The van der Waals surface area contributed by atoms with Crippen LogP contribution >= 0.6 is 0 Å². The van der Waals surface area contributed by atoms with Crippen molar-refractivity contribution in [3.8, 4) is 11.5 Å². The van der Waals surface area contributed by atoms with Crippen LogP contribution in [-0.2, 0) is 61.9 Å². The Labute approximate surface area is 265 Å². The van der Waals surface area contributed by atoms with Crippen molar-refractivity contribution in [2.45, 2.75) is 72.2 Å². The summed E-state index contributed by atoms with van der Waals surface area (Å²) in [5.41, 5.74) is 1.18. The molecule has 0 aliphatic carbocycles. The summed E-state index contributed by atoms with van der Waals surface area (Å²) >= 11 is 0. The lowest BCUT2D eigenvalue weighted by Crippen LogP contribution is -2.63. The van der Waals surface area contributed by atoms with E-state index in [0.717, 1.165) is 20.8 Å². The zero-order valence-electron chi connectivity index (χ0n) is 26.6. The molecule has 15 nitrogen and oxygen atoms in total. The first-order chi connectivity index (χ1) is 21.7. The van der Waals surface area contributed by atoms with Crippen molar-refractivity contribution in [3.05, 3.63) is 41.5 Å². The molecule has 1 aromatic carbocycles. The van der Waals surface area contributed by atoms with Crippen LogP contribution in [0.2, 0.25) is 0 Å². The lowest BCUT2D eigenvalue weighted by Gasteiger charge is -2.44. The third-order valence-corrected chi connectivity index (χ3v) is 5.93. The number of esters is 6. The molecule has 1 saturated heterocycles. The first kappa shape index (κ1) is 37.4. The van der Waals surface area contributed by atoms with E-state index in [1.807, 2.05) is 0 Å². The van der Waals surface area contributed by atoms with Crippen LogP contribution in [-0.4, -0.2) is 93.5 Å². The Morgan fingerprint density at radius 1 is 0.783 bits per heavy atom. The van der Waals surface area contributed by atoms with Crippen LogP contribution in [0.15, 0.2) is 35.9 Å². The summed E-state index contributed by atoms with van der Waals surface area (Å²) in [4.78, 5) is 70.4. The second kappa shape index (κ2) is 18.3. The summed E-state index contributed by atoms with van der Waals surface area (Å²) in [6.45, 7) is 7.02. The Kier molecular flexibility index (Phi) is 14.9. The van der Waals surface area contributed by atoms with Gasteiger partial charge in [0.15, 0.2) is 36.1 Å². The van der Waals surface area contributed by atoms with Gasteiger partial charge in [0.25, 0.3) is 0 Å². The van der Waals surface area contributed by atoms with Gasteiger partial charge in [0.05, 0.1) is 13.7 Å². The standard InChI is InChI=1S/C31H38O15/c1-17(12-13-39-24-10-8-23(9-11-27(37)38-7)14-25(24)42-19(3)33)15-41-31-30(45-22(6)36)29(44-21(5)35)28(43-20(4)34)26(46-31)16-40-18(2)32/h8-12,14,26,28-31H,13,15-16H2,1-7H3/t26-,28-,29+,30-,31-/m1/s1. The molecule has 0 N–H and O–H groups in total. The first-order valence-electron chi connectivity index (χ1n) is 14.0. The summed E-state index contributed by atoms with van der Waals surface area (Å²) in [5, 5.41) is 0. The number of benzene rings is 1. The van der Waals surface area contributed by atoms with Gasteiger partial charge >= 0.3 is 35.8 Å². The Morgan fingerprint density at radius 3 is 2.00 bits per heavy atom. The van der Waals surface area contributed by atoms with Crippen LogP contribution in [0.3, 0.4) is 0 Å². The summed E-state index contributed by atoms with van der Waals surface area (Å²) in [6.07, 6.45) is -2.15. The van der Waals surface area contributed by atoms with Gasteiger partial charge in [-0.05, 0) is 42.3 Å². The van der Waals surface area contributed by atoms with Crippen LogP contribution in [0.4, 0.5) is 0 Å². The van der Waals surface area contributed by atoms with Gasteiger partial charge in [-0.2, -0.15) is 0 Å². The molecule has 0 aromatic heterocycles. The smallest absolute Gasteiger partial charge is 0.330 e. The highest BCUT2D eigenvalue weighted by Crippen LogP contribution is 2.31. The van der Waals surface area contributed by atoms with Gasteiger partial charge in [-0.3, -0.25) is 24.0 Å². The van der Waals surface area contributed by atoms with Crippen LogP contribution in [0.1, 0.15) is 47.1 Å². The van der Waals surface area contributed by atoms with E-state index in [2.05, 4.69) is 4.74 Å². The number of methoxy groups -OCH3 is 1. The summed E-state index contributed by atoms with van der Waals surface area (Å²) in [7, 11) is 1.25. The average Bonchev–Trinajstić information content (AvgIpc) is 2.96. The van der Waals surface area contributed by atoms with E-state index in [1.165, 1.54) is 39.2 Å². The van der Waals surface area contributed by atoms with Gasteiger partial charge in [0.1, 0.15) is 19.3 Å². The highest BCUT2D eigenvalue weighted by Gasteiger charge is 2.52. The summed E-state index contributed by atoms with van der Waals surface area (Å²) in [6, 6.07) is 4.72. The molecule has 1 aliphatic heterocycles. The van der Waals surface area contributed by atoms with Crippen LogP contribution in [0.25, 0.3) is 6.08 Å². The monoisotopic (exact) mass is 650 g/mol. The maximum Gasteiger partial charge on any atom is 0.330 e. The minimum absolute atomic E-state index is 0.0133. The van der Waals surface area contributed by atoms with Crippen molar-refractivity contribution in [1.29, 1.82) is 0 Å². The van der Waals surface area contributed by atoms with Crippen molar-refractivity contribution < 1.29 is 71.4 Å². The molecule has 0 bridgehead atoms. The van der Waals surface area contributed by atoms with Crippen molar-refractivity contribution in [1.82, 2.24) is 0 Å². The van der Waals surface area contributed by atoms with Gasteiger partial charge in [-0.1, -0.05) is 6.07 Å². The quantitative estimate of drug-likeness (QED) is 0.0937. The number of ether oxygens (including phenoxy) is 9. The van der Waals surface area contributed by atoms with Gasteiger partial charge in [-0.15, -0.1) is 0 Å². The number of rotatable bonds is 14. The molecule has 46 heavy (non-hydrogen) atoms. The summed E-state index contributed by atoms with van der Waals surface area (Å²) < 4.78 is 48.6. The number of carbonyl (C=O) groups excluding carboxylic acids is 6. The molecule has 1 heterocycles. The van der Waals surface area contributed by atoms with E-state index < -0.39 is 66.5 Å². The van der Waals surface area contributed by atoms with E-state index in [0.29, 0.717) is 11.1 Å². The fourth-order valence-corrected chi connectivity index (χ4v) is 4.08. The molecule has 1 fully saturated rings. The molecule has 1 aromatic rings. The molecule has 0 amide bonds. The van der Waals surface area contributed by atoms with Crippen molar-refractivity contribution in [3.63, 3.8) is 0 Å². The highest BCUT2D eigenvalue weighted by molar-refractivity contribution is 5.87. The number of hydrogen-bond donors (Lipinski definition) is 0. The fraction of sp³-hybridized carbons (Fsp3) is 0.484. The van der Waals surface area contributed by atoms with Crippen molar-refractivity contribution in [2.75, 3.05) is 26.9 Å². The van der Waals surface area contributed by atoms with Gasteiger partial charge in [0.2, 0.25) is 0 Å². The predicted octanol–water partition coefficient (Wildman–Crippen LogP) is 2.22. The third-order valence-electron chi connectivity index (χ3n) is 5.93. The molecule has 0 radical (unpaired) electrons. The average molecular weight is 651 g/mol. The van der Waals surface area contributed by atoms with E-state index >= 15 is 0 Å². The Balaban J connectivity index is 2.22.